The average molecular weight is 730 g/mol. The van der Waals surface area contributed by atoms with Gasteiger partial charge in [0, 0.05) is 16.9 Å². The standard InChI is InChI=1S/C56H43N/c1-39(2)49-28-17-29-52-55(49)50-35-34-48(38-53(50)56(52,45-24-11-5-12-25-45)46-26-13-6-14-27-46)57(47-32-30-41(31-33-47)40-18-7-3-8-19-40)54-37-44-23-16-15-22-43(44)36-51(54)42-20-9-4-10-21-42/h3-39H,1-2H3. The van der Waals surface area contributed by atoms with Gasteiger partial charge in [0.1, 0.15) is 0 Å². The molecular weight excluding hydrogens is 687 g/mol. The van der Waals surface area contributed by atoms with E-state index in [4.69, 9.17) is 0 Å². The van der Waals surface area contributed by atoms with Crippen LogP contribution in [0.25, 0.3) is 44.2 Å². The van der Waals surface area contributed by atoms with Crippen molar-refractivity contribution in [2.24, 2.45) is 0 Å². The maximum absolute atomic E-state index is 2.49. The van der Waals surface area contributed by atoms with E-state index in [1.54, 1.807) is 0 Å². The molecular formula is C56H43N. The molecule has 57 heavy (non-hydrogen) atoms. The van der Waals surface area contributed by atoms with Gasteiger partial charge < -0.3 is 4.90 Å². The quantitative estimate of drug-likeness (QED) is 0.151. The number of benzene rings is 9. The second-order valence-corrected chi connectivity index (χ2v) is 15.5. The Hall–Kier alpha value is -6.96. The van der Waals surface area contributed by atoms with Gasteiger partial charge >= 0.3 is 0 Å². The zero-order valence-corrected chi connectivity index (χ0v) is 32.3. The summed E-state index contributed by atoms with van der Waals surface area (Å²) in [6.45, 7) is 4.64. The smallest absolute Gasteiger partial charge is 0.0714 e. The molecule has 0 saturated carbocycles. The maximum atomic E-state index is 2.49. The van der Waals surface area contributed by atoms with E-state index in [0.717, 1.165) is 17.1 Å². The Balaban J connectivity index is 1.29. The van der Waals surface area contributed by atoms with Crippen molar-refractivity contribution in [1.82, 2.24) is 0 Å². The van der Waals surface area contributed by atoms with Crippen LogP contribution in [0.15, 0.2) is 218 Å². The van der Waals surface area contributed by atoms with Gasteiger partial charge in [-0.2, -0.15) is 0 Å². The largest absolute Gasteiger partial charge is 0.310 e. The van der Waals surface area contributed by atoms with Crippen LogP contribution in [0, 0.1) is 0 Å². The second kappa shape index (κ2) is 14.3. The normalized spacial score (nSPS) is 12.7. The van der Waals surface area contributed by atoms with Gasteiger partial charge in [-0.15, -0.1) is 0 Å². The van der Waals surface area contributed by atoms with Crippen LogP contribution in [-0.4, -0.2) is 0 Å². The lowest BCUT2D eigenvalue weighted by atomic mass is 9.67. The van der Waals surface area contributed by atoms with Crippen molar-refractivity contribution in [3.8, 4) is 33.4 Å². The lowest BCUT2D eigenvalue weighted by Crippen LogP contribution is -2.28. The van der Waals surface area contributed by atoms with Crippen molar-refractivity contribution in [2.45, 2.75) is 25.2 Å². The van der Waals surface area contributed by atoms with Crippen LogP contribution in [0.1, 0.15) is 47.6 Å². The van der Waals surface area contributed by atoms with Crippen LogP contribution in [0.5, 0.6) is 0 Å². The highest BCUT2D eigenvalue weighted by Gasteiger charge is 2.47. The van der Waals surface area contributed by atoms with Gasteiger partial charge in [-0.1, -0.05) is 196 Å². The zero-order chi connectivity index (χ0) is 38.3. The van der Waals surface area contributed by atoms with E-state index in [-0.39, 0.29) is 0 Å². The lowest BCUT2D eigenvalue weighted by Gasteiger charge is -2.35. The first kappa shape index (κ1) is 34.5. The van der Waals surface area contributed by atoms with Gasteiger partial charge in [0.15, 0.2) is 0 Å². The van der Waals surface area contributed by atoms with Crippen molar-refractivity contribution in [3.63, 3.8) is 0 Å². The molecule has 0 amide bonds. The molecule has 0 atom stereocenters. The fourth-order valence-electron chi connectivity index (χ4n) is 9.30. The lowest BCUT2D eigenvalue weighted by molar-refractivity contribution is 0.765. The van der Waals surface area contributed by atoms with E-state index in [1.807, 2.05) is 0 Å². The molecule has 1 nitrogen and oxygen atoms in total. The Morgan fingerprint density at radius 2 is 0.912 bits per heavy atom. The molecule has 0 saturated heterocycles. The van der Waals surface area contributed by atoms with Crippen molar-refractivity contribution < 1.29 is 0 Å². The Morgan fingerprint density at radius 1 is 0.386 bits per heavy atom. The highest BCUT2D eigenvalue weighted by Crippen LogP contribution is 2.59. The zero-order valence-electron chi connectivity index (χ0n) is 32.3. The van der Waals surface area contributed by atoms with Crippen LogP contribution in [0.2, 0.25) is 0 Å². The SMILES string of the molecule is CC(C)c1cccc2c1-c1ccc(N(c3ccc(-c4ccccc4)cc3)c3cc4ccccc4cc3-c3ccccc3)cc1C2(c1ccccc1)c1ccccc1. The minimum Gasteiger partial charge on any atom is -0.310 e. The van der Waals surface area contributed by atoms with Gasteiger partial charge in [0.2, 0.25) is 0 Å². The molecule has 9 aromatic carbocycles. The third-order valence-electron chi connectivity index (χ3n) is 11.9. The summed E-state index contributed by atoms with van der Waals surface area (Å²) in [5, 5.41) is 2.42. The van der Waals surface area contributed by atoms with Crippen LogP contribution in [0.3, 0.4) is 0 Å². The predicted octanol–water partition coefficient (Wildman–Crippen LogP) is 15.1. The highest BCUT2D eigenvalue weighted by atomic mass is 15.1. The molecule has 0 aliphatic heterocycles. The molecule has 0 aromatic heterocycles. The summed E-state index contributed by atoms with van der Waals surface area (Å²) < 4.78 is 0. The molecule has 1 aliphatic carbocycles. The summed E-state index contributed by atoms with van der Waals surface area (Å²) in [7, 11) is 0. The first-order valence-corrected chi connectivity index (χ1v) is 20.0. The molecule has 0 fully saturated rings. The average Bonchev–Trinajstić information content (AvgIpc) is 3.58. The summed E-state index contributed by atoms with van der Waals surface area (Å²) in [4.78, 5) is 2.48. The molecule has 0 N–H and O–H groups in total. The van der Waals surface area contributed by atoms with E-state index in [0.29, 0.717) is 5.92 Å². The maximum Gasteiger partial charge on any atom is 0.0714 e. The van der Waals surface area contributed by atoms with Crippen molar-refractivity contribution in [3.05, 3.63) is 246 Å². The fourth-order valence-corrected chi connectivity index (χ4v) is 9.30. The molecule has 1 heteroatoms. The molecule has 272 valence electrons. The molecule has 10 rings (SSSR count). The number of hydrogen-bond donors (Lipinski definition) is 0. The van der Waals surface area contributed by atoms with Gasteiger partial charge in [0.25, 0.3) is 0 Å². The molecule has 0 bridgehead atoms. The van der Waals surface area contributed by atoms with E-state index in [9.17, 15) is 0 Å². The monoisotopic (exact) mass is 729 g/mol. The summed E-state index contributed by atoms with van der Waals surface area (Å²) in [6.07, 6.45) is 0. The Labute approximate surface area is 336 Å². The van der Waals surface area contributed by atoms with Crippen LogP contribution < -0.4 is 4.90 Å². The van der Waals surface area contributed by atoms with Gasteiger partial charge in [-0.25, -0.2) is 0 Å². The Bertz CT molecular complexity index is 2800. The van der Waals surface area contributed by atoms with Gasteiger partial charge in [-0.3, -0.25) is 0 Å². The molecule has 9 aromatic rings. The summed E-state index contributed by atoms with van der Waals surface area (Å²) >= 11 is 0. The number of hydrogen-bond acceptors (Lipinski definition) is 1. The minimum atomic E-state index is -0.525. The third-order valence-corrected chi connectivity index (χ3v) is 11.9. The van der Waals surface area contributed by atoms with Crippen molar-refractivity contribution in [1.29, 1.82) is 0 Å². The summed E-state index contributed by atoms with van der Waals surface area (Å²) in [5.74, 6) is 0.362. The van der Waals surface area contributed by atoms with Gasteiger partial charge in [0.05, 0.1) is 11.1 Å². The molecule has 0 spiro atoms. The van der Waals surface area contributed by atoms with Crippen LogP contribution >= 0.6 is 0 Å². The van der Waals surface area contributed by atoms with Crippen molar-refractivity contribution >= 4 is 27.8 Å². The van der Waals surface area contributed by atoms with E-state index in [1.165, 1.54) is 72.0 Å². The van der Waals surface area contributed by atoms with E-state index in [2.05, 4.69) is 237 Å². The fraction of sp³-hybridized carbons (Fsp3) is 0.0714. The first-order chi connectivity index (χ1) is 28.1. The number of anilines is 3. The topological polar surface area (TPSA) is 3.24 Å². The first-order valence-electron chi connectivity index (χ1n) is 20.0. The van der Waals surface area contributed by atoms with E-state index >= 15 is 0 Å². The minimum absolute atomic E-state index is 0.362. The van der Waals surface area contributed by atoms with Crippen LogP contribution in [-0.2, 0) is 5.41 Å². The number of nitrogens with zero attached hydrogens (tertiary/aromatic N) is 1. The summed E-state index contributed by atoms with van der Waals surface area (Å²) in [6, 6.07) is 80.5. The second-order valence-electron chi connectivity index (χ2n) is 15.5. The Kier molecular flexibility index (Phi) is 8.65. The molecule has 0 radical (unpaired) electrons. The van der Waals surface area contributed by atoms with Gasteiger partial charge in [-0.05, 0) is 109 Å². The number of rotatable bonds is 8. The molecule has 0 heterocycles. The summed E-state index contributed by atoms with van der Waals surface area (Å²) in [5.41, 5.74) is 16.8. The molecule has 0 unspecified atom stereocenters. The van der Waals surface area contributed by atoms with Crippen LogP contribution in [0.4, 0.5) is 17.1 Å². The Morgan fingerprint density at radius 3 is 1.53 bits per heavy atom. The number of fused-ring (bicyclic) bond motifs is 4. The molecule has 1 aliphatic rings. The third kappa shape index (κ3) is 5.78. The van der Waals surface area contributed by atoms with E-state index < -0.39 is 5.41 Å². The highest BCUT2D eigenvalue weighted by molar-refractivity contribution is 5.99. The predicted molar refractivity (Wildman–Crippen MR) is 241 cm³/mol. The van der Waals surface area contributed by atoms with Crippen molar-refractivity contribution in [2.75, 3.05) is 4.90 Å².